The Bertz CT molecular complexity index is 2660. The summed E-state index contributed by atoms with van der Waals surface area (Å²) in [6.45, 7) is 0. The van der Waals surface area contributed by atoms with E-state index in [1.54, 1.807) is 0 Å². The number of fused-ring (bicyclic) bond motifs is 9. The molecule has 10 rings (SSSR count). The molecule has 194 valence electrons. The van der Waals surface area contributed by atoms with E-state index < -0.39 is 0 Å². The third kappa shape index (κ3) is 2.76. The lowest BCUT2D eigenvalue weighted by Crippen LogP contribution is -1.94. The Morgan fingerprint density at radius 1 is 0.452 bits per heavy atom. The van der Waals surface area contributed by atoms with Gasteiger partial charge >= 0.3 is 0 Å². The zero-order chi connectivity index (χ0) is 27.4. The second-order valence-corrected chi connectivity index (χ2v) is 11.1. The number of rotatable bonds is 2. The molecule has 4 nitrogen and oxygen atoms in total. The molecule has 0 saturated carbocycles. The molecule has 0 aliphatic carbocycles. The Hall–Kier alpha value is -5.74. The van der Waals surface area contributed by atoms with Crippen LogP contribution in [-0.2, 0) is 0 Å². The molecule has 0 atom stereocenters. The number of para-hydroxylation sites is 2. The Morgan fingerprint density at radius 3 is 2.07 bits per heavy atom. The van der Waals surface area contributed by atoms with Gasteiger partial charge in [0.15, 0.2) is 0 Å². The largest absolute Gasteiger partial charge is 0.309 e. The molecule has 10 aromatic rings. The van der Waals surface area contributed by atoms with Crippen molar-refractivity contribution in [3.05, 3.63) is 134 Å². The van der Waals surface area contributed by atoms with Crippen LogP contribution < -0.4 is 0 Å². The minimum absolute atomic E-state index is 1.00. The van der Waals surface area contributed by atoms with Gasteiger partial charge in [0.2, 0.25) is 0 Å². The van der Waals surface area contributed by atoms with Crippen LogP contribution in [0.25, 0.3) is 87.7 Å². The van der Waals surface area contributed by atoms with E-state index in [2.05, 4.69) is 124 Å². The molecule has 0 aliphatic heterocycles. The average Bonchev–Trinajstić information content (AvgIpc) is 3.57. The van der Waals surface area contributed by atoms with Crippen molar-refractivity contribution in [3.63, 3.8) is 0 Å². The summed E-state index contributed by atoms with van der Waals surface area (Å²) >= 11 is 0. The maximum Gasteiger partial charge on any atom is 0.0950 e. The molecule has 0 spiro atoms. The van der Waals surface area contributed by atoms with Gasteiger partial charge in [0.05, 0.1) is 38.6 Å². The lowest BCUT2D eigenvalue weighted by Gasteiger charge is -2.11. The van der Waals surface area contributed by atoms with Crippen molar-refractivity contribution < 1.29 is 0 Å². The summed E-state index contributed by atoms with van der Waals surface area (Å²) in [7, 11) is 0. The summed E-state index contributed by atoms with van der Waals surface area (Å²) in [5.74, 6) is 0. The normalized spacial score (nSPS) is 12.3. The number of pyridine rings is 3. The molecule has 0 N–H and O–H groups in total. The first-order valence-electron chi connectivity index (χ1n) is 14.3. The molecule has 5 heterocycles. The maximum absolute atomic E-state index is 4.81. The van der Waals surface area contributed by atoms with Gasteiger partial charge in [-0.05, 0) is 77.9 Å². The zero-order valence-corrected chi connectivity index (χ0v) is 22.5. The fourth-order valence-corrected chi connectivity index (χ4v) is 7.17. The molecule has 0 radical (unpaired) electrons. The van der Waals surface area contributed by atoms with E-state index >= 15 is 0 Å². The first kappa shape index (κ1) is 22.0. The van der Waals surface area contributed by atoms with Crippen molar-refractivity contribution >= 4 is 70.9 Å². The Morgan fingerprint density at radius 2 is 1.19 bits per heavy atom. The van der Waals surface area contributed by atoms with Gasteiger partial charge in [-0.3, -0.25) is 9.97 Å². The SMILES string of the molecule is c1ccc(-n2c3ccccc3c3cc(-c4ccc5c(c4)c4ccc6nccc7c8ncccc8n5c4c67)ccc32)cc1. The van der Waals surface area contributed by atoms with Gasteiger partial charge in [-0.2, -0.15) is 0 Å². The van der Waals surface area contributed by atoms with Gasteiger partial charge in [-0.25, -0.2) is 0 Å². The van der Waals surface area contributed by atoms with E-state index in [1.165, 1.54) is 65.8 Å². The van der Waals surface area contributed by atoms with Gasteiger partial charge < -0.3 is 8.97 Å². The van der Waals surface area contributed by atoms with E-state index in [4.69, 9.17) is 9.97 Å². The van der Waals surface area contributed by atoms with E-state index in [9.17, 15) is 0 Å². The molecule has 42 heavy (non-hydrogen) atoms. The highest BCUT2D eigenvalue weighted by atomic mass is 15.0. The summed E-state index contributed by atoms with van der Waals surface area (Å²) in [5.41, 5.74) is 11.5. The summed E-state index contributed by atoms with van der Waals surface area (Å²) in [6, 6.07) is 43.8. The molecule has 0 fully saturated rings. The number of hydrogen-bond acceptors (Lipinski definition) is 2. The Labute approximate surface area is 240 Å². The van der Waals surface area contributed by atoms with Crippen LogP contribution >= 0.6 is 0 Å². The molecule has 0 amide bonds. The standard InChI is InChI=1S/C38H22N4/c1-2-7-25(8-3-1)41-32-10-5-4-9-26(32)29-21-23(12-16-33(29)41)24-13-17-34-30(22-24)27-14-15-31-36-28(18-20-39-31)37-35(11-6-19-40-37)42(34)38(27)36/h1-22H. The summed E-state index contributed by atoms with van der Waals surface area (Å²) < 4.78 is 4.74. The number of benzene rings is 5. The predicted octanol–water partition coefficient (Wildman–Crippen LogP) is 9.54. The molecule has 0 unspecified atom stereocenters. The second kappa shape index (κ2) is 7.93. The summed E-state index contributed by atoms with van der Waals surface area (Å²) in [4.78, 5) is 9.52. The topological polar surface area (TPSA) is 35.1 Å². The molecule has 0 saturated heterocycles. The first-order valence-corrected chi connectivity index (χ1v) is 14.3. The molecule has 0 aliphatic rings. The molecule has 5 aromatic heterocycles. The van der Waals surface area contributed by atoms with Crippen molar-refractivity contribution in [2.24, 2.45) is 0 Å². The lowest BCUT2D eigenvalue weighted by atomic mass is 10.00. The highest BCUT2D eigenvalue weighted by molar-refractivity contribution is 6.27. The maximum atomic E-state index is 4.81. The van der Waals surface area contributed by atoms with Crippen molar-refractivity contribution in [1.82, 2.24) is 18.9 Å². The monoisotopic (exact) mass is 534 g/mol. The van der Waals surface area contributed by atoms with Crippen LogP contribution in [0, 0.1) is 0 Å². The van der Waals surface area contributed by atoms with Crippen LogP contribution in [0.15, 0.2) is 134 Å². The highest BCUT2D eigenvalue weighted by Gasteiger charge is 2.20. The van der Waals surface area contributed by atoms with Crippen molar-refractivity contribution in [1.29, 1.82) is 0 Å². The van der Waals surface area contributed by atoms with E-state index in [-0.39, 0.29) is 0 Å². The summed E-state index contributed by atoms with van der Waals surface area (Å²) in [5, 5.41) is 7.32. The first-order chi connectivity index (χ1) is 20.8. The van der Waals surface area contributed by atoms with Gasteiger partial charge in [0.25, 0.3) is 0 Å². The van der Waals surface area contributed by atoms with Gasteiger partial charge in [0, 0.05) is 50.4 Å². The molecule has 0 bridgehead atoms. The molecular weight excluding hydrogens is 512 g/mol. The van der Waals surface area contributed by atoms with E-state index in [1.807, 2.05) is 18.5 Å². The van der Waals surface area contributed by atoms with Crippen LogP contribution in [-0.4, -0.2) is 18.9 Å². The predicted molar refractivity (Wildman–Crippen MR) is 174 cm³/mol. The number of aromatic nitrogens is 4. The second-order valence-electron chi connectivity index (χ2n) is 11.1. The lowest BCUT2D eigenvalue weighted by molar-refractivity contribution is 1.18. The minimum Gasteiger partial charge on any atom is -0.309 e. The highest BCUT2D eigenvalue weighted by Crippen LogP contribution is 2.42. The average molecular weight is 535 g/mol. The van der Waals surface area contributed by atoms with Crippen LogP contribution in [0.5, 0.6) is 0 Å². The fraction of sp³-hybridized carbons (Fsp3) is 0. The van der Waals surface area contributed by atoms with Crippen LogP contribution in [0.1, 0.15) is 0 Å². The number of nitrogens with zero attached hydrogens (tertiary/aromatic N) is 4. The summed E-state index contributed by atoms with van der Waals surface area (Å²) in [6.07, 6.45) is 3.77. The molecule has 5 aromatic carbocycles. The Kier molecular flexibility index (Phi) is 4.15. The van der Waals surface area contributed by atoms with Crippen molar-refractivity contribution in [2.45, 2.75) is 0 Å². The van der Waals surface area contributed by atoms with E-state index in [0.29, 0.717) is 0 Å². The number of hydrogen-bond donors (Lipinski definition) is 0. The van der Waals surface area contributed by atoms with Gasteiger partial charge in [-0.15, -0.1) is 0 Å². The van der Waals surface area contributed by atoms with Crippen molar-refractivity contribution in [3.8, 4) is 16.8 Å². The zero-order valence-electron chi connectivity index (χ0n) is 22.5. The Balaban J connectivity index is 1.27. The van der Waals surface area contributed by atoms with Gasteiger partial charge in [-0.1, -0.05) is 54.6 Å². The minimum atomic E-state index is 1.00. The molecule has 4 heteroatoms. The third-order valence-corrected chi connectivity index (χ3v) is 8.93. The molecular formula is C38H22N4. The third-order valence-electron chi connectivity index (χ3n) is 8.93. The quantitative estimate of drug-likeness (QED) is 0.163. The van der Waals surface area contributed by atoms with Crippen LogP contribution in [0.3, 0.4) is 0 Å². The van der Waals surface area contributed by atoms with Crippen LogP contribution in [0.2, 0.25) is 0 Å². The van der Waals surface area contributed by atoms with Crippen LogP contribution in [0.4, 0.5) is 0 Å². The van der Waals surface area contributed by atoms with Gasteiger partial charge in [0.1, 0.15) is 0 Å². The van der Waals surface area contributed by atoms with E-state index in [0.717, 1.165) is 21.9 Å². The smallest absolute Gasteiger partial charge is 0.0950 e. The van der Waals surface area contributed by atoms with Crippen molar-refractivity contribution in [2.75, 3.05) is 0 Å². The fourth-order valence-electron chi connectivity index (χ4n) is 7.17.